The summed E-state index contributed by atoms with van der Waals surface area (Å²) in [4.78, 5) is 15.4. The van der Waals surface area contributed by atoms with Gasteiger partial charge in [0.05, 0.1) is 12.0 Å². The van der Waals surface area contributed by atoms with Gasteiger partial charge >= 0.3 is 5.97 Å². The molecule has 0 amide bonds. The molecular weight excluding hydrogens is 440 g/mol. The van der Waals surface area contributed by atoms with Crippen LogP contribution in [-0.4, -0.2) is 63.9 Å². The van der Waals surface area contributed by atoms with Gasteiger partial charge in [-0.15, -0.1) is 0 Å². The van der Waals surface area contributed by atoms with Gasteiger partial charge in [0.2, 0.25) is 10.0 Å². The van der Waals surface area contributed by atoms with Crippen LogP contribution in [-0.2, 0) is 26.2 Å². The number of carbonyl (C=O) groups is 1. The number of hydrogen-bond acceptors (Lipinski definition) is 6. The molecular formula is C25H36N2O5S. The first-order chi connectivity index (χ1) is 16.0. The Hall–Kier alpha value is -2.42. The summed E-state index contributed by atoms with van der Waals surface area (Å²) in [5, 5.41) is 0. The number of hydrogen-bond donors (Lipinski definition) is 0. The Bertz CT molecular complexity index is 1030. The molecule has 0 N–H and O–H groups in total. The SMILES string of the molecule is [2H]CC(C)(C)[C@@H](C(=O)OCc1ccccc1)N(CCCN(C)C)S(=O)(=O)c1cccc(OC)c1. The maximum Gasteiger partial charge on any atom is 0.325 e. The largest absolute Gasteiger partial charge is 0.497 e. The zero-order chi connectivity index (χ0) is 25.4. The number of ether oxygens (including phenoxy) is 2. The lowest BCUT2D eigenvalue weighted by atomic mass is 9.86. The van der Waals surface area contributed by atoms with Crippen LogP contribution in [0.4, 0.5) is 0 Å². The van der Waals surface area contributed by atoms with E-state index in [0.717, 1.165) is 5.56 Å². The molecule has 0 saturated heterocycles. The number of carbonyl (C=O) groups excluding carboxylic acids is 1. The molecule has 182 valence electrons. The van der Waals surface area contributed by atoms with Crippen LogP contribution >= 0.6 is 0 Å². The van der Waals surface area contributed by atoms with Gasteiger partial charge in [-0.25, -0.2) is 8.42 Å². The minimum absolute atomic E-state index is 0.0228. The van der Waals surface area contributed by atoms with Crippen molar-refractivity contribution in [3.63, 3.8) is 0 Å². The molecule has 0 bridgehead atoms. The van der Waals surface area contributed by atoms with E-state index in [4.69, 9.17) is 10.8 Å². The maximum absolute atomic E-state index is 13.8. The van der Waals surface area contributed by atoms with Crippen LogP contribution in [0.2, 0.25) is 0 Å². The lowest BCUT2D eigenvalue weighted by Crippen LogP contribution is -2.53. The predicted molar refractivity (Wildman–Crippen MR) is 130 cm³/mol. The molecule has 0 spiro atoms. The standard InChI is InChI=1S/C25H36N2O5S/c1-25(2,3)23(24(28)32-19-20-12-8-7-9-13-20)27(17-11-16-26(4)5)33(29,30)22-15-10-14-21(18-22)31-6/h7-10,12-15,18,23H,11,16-17,19H2,1-6H3/t23-/m1/s1/i1D. The normalized spacial score (nSPS) is 13.6. The summed E-state index contributed by atoms with van der Waals surface area (Å²) in [6.45, 7) is 4.04. The van der Waals surface area contributed by atoms with Gasteiger partial charge in [0.25, 0.3) is 0 Å². The molecule has 0 radical (unpaired) electrons. The first-order valence-corrected chi connectivity index (χ1v) is 12.3. The molecule has 2 aromatic rings. The number of nitrogens with zero attached hydrogens (tertiary/aromatic N) is 2. The van der Waals surface area contributed by atoms with Gasteiger partial charge in [-0.1, -0.05) is 57.1 Å². The lowest BCUT2D eigenvalue weighted by Gasteiger charge is -2.37. The van der Waals surface area contributed by atoms with Gasteiger partial charge in [-0.05, 0) is 50.2 Å². The summed E-state index contributed by atoms with van der Waals surface area (Å²) in [7, 11) is 1.17. The minimum atomic E-state index is -4.10. The first kappa shape index (κ1) is 25.2. The highest BCUT2D eigenvalue weighted by Gasteiger charge is 2.44. The average molecular weight is 478 g/mol. The zero-order valence-electron chi connectivity index (χ0n) is 21.2. The molecule has 0 saturated carbocycles. The van der Waals surface area contributed by atoms with E-state index in [1.165, 1.54) is 23.5 Å². The van der Waals surface area contributed by atoms with E-state index in [9.17, 15) is 13.2 Å². The van der Waals surface area contributed by atoms with Crippen LogP contribution in [0.3, 0.4) is 0 Å². The topological polar surface area (TPSA) is 76.2 Å². The number of esters is 1. The molecule has 0 unspecified atom stereocenters. The minimum Gasteiger partial charge on any atom is -0.497 e. The van der Waals surface area contributed by atoms with Crippen molar-refractivity contribution in [2.24, 2.45) is 5.41 Å². The van der Waals surface area contributed by atoms with Crippen molar-refractivity contribution >= 4 is 16.0 Å². The molecule has 33 heavy (non-hydrogen) atoms. The molecule has 7 nitrogen and oxygen atoms in total. The number of methoxy groups -OCH3 is 1. The lowest BCUT2D eigenvalue weighted by molar-refractivity contribution is -0.153. The molecule has 0 aliphatic carbocycles. The molecule has 1 atom stereocenters. The zero-order valence-corrected chi connectivity index (χ0v) is 21.0. The highest BCUT2D eigenvalue weighted by molar-refractivity contribution is 7.89. The Balaban J connectivity index is 2.48. The Kier molecular flexibility index (Phi) is 8.88. The van der Waals surface area contributed by atoms with Crippen molar-refractivity contribution in [1.82, 2.24) is 9.21 Å². The highest BCUT2D eigenvalue weighted by atomic mass is 32.2. The summed E-state index contributed by atoms with van der Waals surface area (Å²) in [5.74, 6) is -0.269. The van der Waals surface area contributed by atoms with Gasteiger partial charge in [0.1, 0.15) is 18.4 Å². The van der Waals surface area contributed by atoms with Gasteiger partial charge in [-0.3, -0.25) is 4.79 Å². The van der Waals surface area contributed by atoms with E-state index in [-0.39, 0.29) is 24.9 Å². The Morgan fingerprint density at radius 3 is 2.39 bits per heavy atom. The van der Waals surface area contributed by atoms with Crippen molar-refractivity contribution in [3.8, 4) is 5.75 Å². The molecule has 0 aliphatic rings. The number of sulfonamides is 1. The van der Waals surface area contributed by atoms with Crippen LogP contribution in [0.5, 0.6) is 5.75 Å². The van der Waals surface area contributed by atoms with Crippen molar-refractivity contribution in [2.45, 2.75) is 44.7 Å². The van der Waals surface area contributed by atoms with Gasteiger partial charge in [-0.2, -0.15) is 4.31 Å². The summed E-state index contributed by atoms with van der Waals surface area (Å²) in [6, 6.07) is 14.2. The fraction of sp³-hybridized carbons (Fsp3) is 0.480. The summed E-state index contributed by atoms with van der Waals surface area (Å²) in [6.07, 6.45) is 0.507. The van der Waals surface area contributed by atoms with E-state index >= 15 is 0 Å². The molecule has 0 aromatic heterocycles. The van der Waals surface area contributed by atoms with Crippen molar-refractivity contribution in [3.05, 3.63) is 60.2 Å². The first-order valence-electron chi connectivity index (χ1n) is 11.5. The quantitative estimate of drug-likeness (QED) is 0.458. The summed E-state index contributed by atoms with van der Waals surface area (Å²) < 4.78 is 47.8. The van der Waals surface area contributed by atoms with Crippen LogP contribution in [0.15, 0.2) is 59.5 Å². The Morgan fingerprint density at radius 2 is 1.79 bits per heavy atom. The smallest absolute Gasteiger partial charge is 0.325 e. The summed E-state index contributed by atoms with van der Waals surface area (Å²) in [5.41, 5.74) is -0.189. The van der Waals surface area contributed by atoms with Crippen molar-refractivity contribution in [2.75, 3.05) is 34.3 Å². The molecule has 2 aromatic carbocycles. The van der Waals surface area contributed by atoms with E-state index in [2.05, 4.69) is 0 Å². The summed E-state index contributed by atoms with van der Waals surface area (Å²) >= 11 is 0. The third-order valence-electron chi connectivity index (χ3n) is 5.11. The third kappa shape index (κ3) is 7.55. The number of benzene rings is 2. The van der Waals surface area contributed by atoms with Crippen molar-refractivity contribution in [1.29, 1.82) is 0 Å². The second-order valence-electron chi connectivity index (χ2n) is 8.94. The Labute approximate surface area is 199 Å². The molecule has 2 rings (SSSR count). The van der Waals surface area contributed by atoms with E-state index < -0.39 is 27.4 Å². The van der Waals surface area contributed by atoms with Gasteiger partial charge in [0, 0.05) is 14.0 Å². The molecule has 0 fully saturated rings. The van der Waals surface area contributed by atoms with E-state index in [0.29, 0.717) is 18.7 Å². The second kappa shape index (κ2) is 11.6. The maximum atomic E-state index is 13.8. The van der Waals surface area contributed by atoms with Gasteiger partial charge < -0.3 is 14.4 Å². The fourth-order valence-corrected chi connectivity index (χ4v) is 5.27. The number of rotatable bonds is 11. The Morgan fingerprint density at radius 1 is 1.09 bits per heavy atom. The van der Waals surface area contributed by atoms with Crippen LogP contribution in [0, 0.1) is 5.41 Å². The molecule has 0 aliphatic heterocycles. The van der Waals surface area contributed by atoms with Crippen LogP contribution in [0.25, 0.3) is 0 Å². The van der Waals surface area contributed by atoms with Crippen LogP contribution in [0.1, 0.15) is 34.1 Å². The monoisotopic (exact) mass is 477 g/mol. The second-order valence-corrected chi connectivity index (χ2v) is 10.8. The predicted octanol–water partition coefficient (Wildman–Crippen LogP) is 3.80. The van der Waals surface area contributed by atoms with Crippen molar-refractivity contribution < 1.29 is 24.1 Å². The molecule has 8 heteroatoms. The van der Waals surface area contributed by atoms with Crippen LogP contribution < -0.4 is 4.74 Å². The van der Waals surface area contributed by atoms with E-state index in [1.54, 1.807) is 26.0 Å². The van der Waals surface area contributed by atoms with E-state index in [1.807, 2.05) is 49.3 Å². The fourth-order valence-electron chi connectivity index (χ4n) is 3.46. The molecule has 0 heterocycles. The highest BCUT2D eigenvalue weighted by Crippen LogP contribution is 2.32. The third-order valence-corrected chi connectivity index (χ3v) is 6.97. The van der Waals surface area contributed by atoms with Gasteiger partial charge in [0.15, 0.2) is 0 Å². The average Bonchev–Trinajstić information content (AvgIpc) is 2.82.